The third-order valence-electron chi connectivity index (χ3n) is 2.79. The van der Waals surface area contributed by atoms with Gasteiger partial charge in [0, 0.05) is 18.2 Å². The zero-order valence-corrected chi connectivity index (χ0v) is 12.0. The summed E-state index contributed by atoms with van der Waals surface area (Å²) in [6, 6.07) is 9.19. The minimum absolute atomic E-state index is 0.00279. The average Bonchev–Trinajstić information content (AvgIpc) is 2.45. The Labute approximate surface area is 127 Å². The number of hydrogen-bond acceptors (Lipinski definition) is 2. The van der Waals surface area contributed by atoms with E-state index in [0.29, 0.717) is 18.9 Å². The molecule has 2 aromatic carbocycles. The zero-order chi connectivity index (χ0) is 15.2. The predicted molar refractivity (Wildman–Crippen MR) is 80.8 cm³/mol. The third kappa shape index (κ3) is 3.95. The zero-order valence-electron chi connectivity index (χ0n) is 11.2. The number of benzene rings is 2. The van der Waals surface area contributed by atoms with Crippen LogP contribution in [0.5, 0.6) is 5.75 Å². The summed E-state index contributed by atoms with van der Waals surface area (Å²) < 4.78 is 32.2. The van der Waals surface area contributed by atoms with Gasteiger partial charge in [-0.15, -0.1) is 0 Å². The highest BCUT2D eigenvalue weighted by Crippen LogP contribution is 2.28. The van der Waals surface area contributed by atoms with Gasteiger partial charge in [-0.25, -0.2) is 8.78 Å². The lowest BCUT2D eigenvalue weighted by Gasteiger charge is -2.13. The molecule has 2 aromatic rings. The molecule has 0 radical (unpaired) electrons. The second kappa shape index (κ2) is 7.09. The highest BCUT2D eigenvalue weighted by atomic mass is 35.5. The molecule has 5 heteroatoms. The Hall–Kier alpha value is -2.07. The Morgan fingerprint density at radius 2 is 2.00 bits per heavy atom. The molecule has 0 amide bonds. The van der Waals surface area contributed by atoms with E-state index in [4.69, 9.17) is 16.3 Å². The normalized spacial score (nSPS) is 10.2. The van der Waals surface area contributed by atoms with E-state index in [9.17, 15) is 8.78 Å². The fourth-order valence-corrected chi connectivity index (χ4v) is 2.10. The van der Waals surface area contributed by atoms with Gasteiger partial charge >= 0.3 is 0 Å². The van der Waals surface area contributed by atoms with Gasteiger partial charge in [0.05, 0.1) is 10.7 Å². The van der Waals surface area contributed by atoms with Crippen LogP contribution in [0.25, 0.3) is 0 Å². The first-order valence-corrected chi connectivity index (χ1v) is 6.69. The number of nitrogens with one attached hydrogen (secondary N) is 1. The number of hydrogen-bond donors (Lipinski definition) is 1. The molecular weight excluding hydrogens is 296 g/mol. The van der Waals surface area contributed by atoms with Crippen LogP contribution in [-0.2, 0) is 6.54 Å². The van der Waals surface area contributed by atoms with Gasteiger partial charge in [0.2, 0.25) is 0 Å². The van der Waals surface area contributed by atoms with Crippen molar-refractivity contribution in [2.24, 2.45) is 0 Å². The molecule has 0 aliphatic rings. The lowest BCUT2D eigenvalue weighted by Crippen LogP contribution is -2.05. The predicted octanol–water partition coefficient (Wildman–Crippen LogP) is 4.80. The largest absolute Gasteiger partial charge is 0.489 e. The summed E-state index contributed by atoms with van der Waals surface area (Å²) in [4.78, 5) is 0. The van der Waals surface area contributed by atoms with Gasteiger partial charge in [-0.2, -0.15) is 0 Å². The van der Waals surface area contributed by atoms with Gasteiger partial charge in [0.1, 0.15) is 18.2 Å². The van der Waals surface area contributed by atoms with Crippen molar-refractivity contribution in [2.75, 3.05) is 11.9 Å². The van der Waals surface area contributed by atoms with Gasteiger partial charge in [-0.05, 0) is 12.1 Å². The summed E-state index contributed by atoms with van der Waals surface area (Å²) in [6.07, 6.45) is 1.64. The van der Waals surface area contributed by atoms with Crippen LogP contribution in [0.1, 0.15) is 5.56 Å². The van der Waals surface area contributed by atoms with E-state index in [-0.39, 0.29) is 10.7 Å². The van der Waals surface area contributed by atoms with E-state index in [2.05, 4.69) is 11.9 Å². The van der Waals surface area contributed by atoms with Crippen molar-refractivity contribution in [3.63, 3.8) is 0 Å². The highest BCUT2D eigenvalue weighted by molar-refractivity contribution is 6.33. The van der Waals surface area contributed by atoms with Gasteiger partial charge < -0.3 is 10.1 Å². The van der Waals surface area contributed by atoms with Crippen LogP contribution in [0, 0.1) is 11.6 Å². The maximum atomic E-state index is 13.7. The van der Waals surface area contributed by atoms with E-state index in [1.807, 2.05) is 24.3 Å². The lowest BCUT2D eigenvalue weighted by atomic mass is 10.2. The molecule has 2 rings (SSSR count). The van der Waals surface area contributed by atoms with E-state index < -0.39 is 11.6 Å². The Kier molecular flexibility index (Phi) is 5.17. The SMILES string of the molecule is C=CCOc1ccccc1CNc1c(F)cc(F)cc1Cl. The standard InChI is InChI=1S/C16H14ClF2NO/c1-2-7-21-15-6-4-3-5-11(15)10-20-16-13(17)8-12(18)9-14(16)19/h2-6,8-9,20H,1,7,10H2. The Balaban J connectivity index is 2.15. The fraction of sp³-hybridized carbons (Fsp3) is 0.125. The average molecular weight is 310 g/mol. The van der Waals surface area contributed by atoms with E-state index in [1.54, 1.807) is 6.08 Å². The first-order chi connectivity index (χ1) is 10.1. The molecule has 0 atom stereocenters. The monoisotopic (exact) mass is 309 g/mol. The molecule has 0 spiro atoms. The van der Waals surface area contributed by atoms with Crippen molar-refractivity contribution in [2.45, 2.75) is 6.54 Å². The van der Waals surface area contributed by atoms with Crippen LogP contribution in [-0.4, -0.2) is 6.61 Å². The van der Waals surface area contributed by atoms with Crippen molar-refractivity contribution in [1.29, 1.82) is 0 Å². The summed E-state index contributed by atoms with van der Waals surface area (Å²) in [7, 11) is 0. The Bertz CT molecular complexity index is 623. The first kappa shape index (κ1) is 15.3. The molecule has 110 valence electrons. The molecule has 1 N–H and O–H groups in total. The van der Waals surface area contributed by atoms with E-state index in [0.717, 1.165) is 17.7 Å². The topological polar surface area (TPSA) is 21.3 Å². The van der Waals surface area contributed by atoms with E-state index >= 15 is 0 Å². The first-order valence-electron chi connectivity index (χ1n) is 6.32. The maximum absolute atomic E-state index is 13.7. The molecule has 0 fully saturated rings. The minimum atomic E-state index is -0.732. The highest BCUT2D eigenvalue weighted by Gasteiger charge is 2.10. The summed E-state index contributed by atoms with van der Waals surface area (Å²) in [5.74, 6) is -0.772. The molecule has 0 aromatic heterocycles. The quantitative estimate of drug-likeness (QED) is 0.774. The van der Waals surface area contributed by atoms with Crippen molar-refractivity contribution >= 4 is 17.3 Å². The lowest BCUT2D eigenvalue weighted by molar-refractivity contribution is 0.359. The molecular formula is C16H14ClF2NO. The Morgan fingerprint density at radius 1 is 1.24 bits per heavy atom. The second-order valence-corrected chi connectivity index (χ2v) is 4.71. The summed E-state index contributed by atoms with van der Waals surface area (Å²) in [5.41, 5.74) is 0.899. The van der Waals surface area contributed by atoms with Gasteiger partial charge in [-0.1, -0.05) is 42.5 Å². The van der Waals surface area contributed by atoms with E-state index in [1.165, 1.54) is 0 Å². The number of halogens is 3. The van der Waals surface area contributed by atoms with Crippen LogP contribution in [0.2, 0.25) is 5.02 Å². The molecule has 0 aliphatic heterocycles. The van der Waals surface area contributed by atoms with Crippen molar-refractivity contribution in [3.05, 3.63) is 71.3 Å². The summed E-state index contributed by atoms with van der Waals surface area (Å²) in [5, 5.41) is 2.86. The second-order valence-electron chi connectivity index (χ2n) is 4.31. The van der Waals surface area contributed by atoms with Gasteiger partial charge in [0.15, 0.2) is 5.82 Å². The number of anilines is 1. The molecule has 0 aliphatic carbocycles. The van der Waals surface area contributed by atoms with Crippen molar-refractivity contribution in [3.8, 4) is 5.75 Å². The van der Waals surface area contributed by atoms with Crippen LogP contribution in [0.4, 0.5) is 14.5 Å². The molecule has 0 saturated heterocycles. The maximum Gasteiger partial charge on any atom is 0.150 e. The number of para-hydroxylation sites is 1. The molecule has 2 nitrogen and oxygen atoms in total. The third-order valence-corrected chi connectivity index (χ3v) is 3.09. The minimum Gasteiger partial charge on any atom is -0.489 e. The van der Waals surface area contributed by atoms with Gasteiger partial charge in [0.25, 0.3) is 0 Å². The molecule has 0 bridgehead atoms. The fourth-order valence-electron chi connectivity index (χ4n) is 1.83. The van der Waals surface area contributed by atoms with Crippen molar-refractivity contribution < 1.29 is 13.5 Å². The molecule has 21 heavy (non-hydrogen) atoms. The summed E-state index contributed by atoms with van der Waals surface area (Å²) >= 11 is 5.84. The van der Waals surface area contributed by atoms with Crippen LogP contribution >= 0.6 is 11.6 Å². The Morgan fingerprint density at radius 3 is 2.71 bits per heavy atom. The van der Waals surface area contributed by atoms with Crippen LogP contribution in [0.3, 0.4) is 0 Å². The van der Waals surface area contributed by atoms with Crippen molar-refractivity contribution in [1.82, 2.24) is 0 Å². The summed E-state index contributed by atoms with van der Waals surface area (Å²) in [6.45, 7) is 4.27. The number of rotatable bonds is 6. The van der Waals surface area contributed by atoms with Crippen LogP contribution < -0.4 is 10.1 Å². The molecule has 0 saturated carbocycles. The number of ether oxygens (including phenoxy) is 1. The van der Waals surface area contributed by atoms with Gasteiger partial charge in [-0.3, -0.25) is 0 Å². The van der Waals surface area contributed by atoms with Crippen LogP contribution in [0.15, 0.2) is 49.1 Å². The molecule has 0 heterocycles. The molecule has 0 unspecified atom stereocenters. The smallest absolute Gasteiger partial charge is 0.150 e.